The summed E-state index contributed by atoms with van der Waals surface area (Å²) < 4.78 is 35.0. The van der Waals surface area contributed by atoms with E-state index in [0.717, 1.165) is 47.2 Å². The lowest BCUT2D eigenvalue weighted by Gasteiger charge is -2.45. The number of aldehydes is 1. The zero-order valence-corrected chi connectivity index (χ0v) is 22.9. The van der Waals surface area contributed by atoms with Crippen LogP contribution in [0.5, 0.6) is 0 Å². The molecule has 2 aliphatic rings. The molecule has 0 saturated carbocycles. The van der Waals surface area contributed by atoms with Crippen molar-refractivity contribution in [2.75, 3.05) is 0 Å². The van der Waals surface area contributed by atoms with Crippen LogP contribution in [-0.2, 0) is 10.8 Å². The molecule has 0 amide bonds. The number of rotatable bonds is 5. The predicted molar refractivity (Wildman–Crippen MR) is 134 cm³/mol. The molecule has 1 aromatic rings. The molecule has 0 spiro atoms. The summed E-state index contributed by atoms with van der Waals surface area (Å²) in [5.41, 5.74) is 4.94. The number of halogens is 2. The van der Waals surface area contributed by atoms with E-state index < -0.39 is 14.2 Å². The Morgan fingerprint density at radius 1 is 1.24 bits per heavy atom. The monoisotopic (exact) mass is 477 g/mol. The molecule has 2 aliphatic carbocycles. The molecule has 33 heavy (non-hydrogen) atoms. The second kappa shape index (κ2) is 8.67. The van der Waals surface area contributed by atoms with Gasteiger partial charge in [-0.25, -0.2) is 8.78 Å². The van der Waals surface area contributed by atoms with Crippen molar-refractivity contribution in [3.8, 4) is 0 Å². The summed E-state index contributed by atoms with van der Waals surface area (Å²) in [7, 11) is -2.14. The van der Waals surface area contributed by atoms with Gasteiger partial charge in [-0.05, 0) is 59.9 Å². The van der Waals surface area contributed by atoms with Gasteiger partial charge < -0.3 is 4.43 Å². The zero-order chi connectivity index (χ0) is 25.0. The van der Waals surface area contributed by atoms with Crippen molar-refractivity contribution < 1.29 is 18.0 Å². The molecule has 0 N–H and O–H groups in total. The van der Waals surface area contributed by atoms with Crippen LogP contribution in [0.25, 0.3) is 5.57 Å². The largest absolute Gasteiger partial charge is 0.410 e. The van der Waals surface area contributed by atoms with Gasteiger partial charge in [-0.1, -0.05) is 54.5 Å². The summed E-state index contributed by atoms with van der Waals surface area (Å²) in [6, 6.07) is 0. The molecule has 1 heterocycles. The van der Waals surface area contributed by atoms with E-state index in [9.17, 15) is 13.6 Å². The number of pyridine rings is 1. The number of fused-ring (bicyclic) bond motifs is 1. The summed E-state index contributed by atoms with van der Waals surface area (Å²) >= 11 is 0. The molecule has 1 aromatic heterocycles. The summed E-state index contributed by atoms with van der Waals surface area (Å²) in [5.74, 6) is -2.62. The fraction of sp³-hybridized carbons (Fsp3) is 0.704. The summed E-state index contributed by atoms with van der Waals surface area (Å²) in [4.78, 5) is 17.5. The highest BCUT2D eigenvalue weighted by atomic mass is 28.4. The molecular formula is C27H41F2NO2Si. The molecule has 0 radical (unpaired) electrons. The summed E-state index contributed by atoms with van der Waals surface area (Å²) in [6.07, 6.45) is 3.74. The molecule has 3 rings (SSSR count). The van der Waals surface area contributed by atoms with Crippen LogP contribution < -0.4 is 0 Å². The highest BCUT2D eigenvalue weighted by Crippen LogP contribution is 2.51. The standard InChI is InChI=1S/C27H41F2NO2Si/c1-17(2)24-19(16-31)22(18-10-12-27(28,29)13-11-18)23-20(30-24)14-26(6,7)15-21(23)32-33(8,9)25(3,4)5/h10,16-17,21H,11-15H2,1-9H3/t21-/m0/s1. The van der Waals surface area contributed by atoms with Crippen LogP contribution in [0.2, 0.25) is 18.1 Å². The first-order valence-corrected chi connectivity index (χ1v) is 15.2. The molecule has 6 heteroatoms. The second-order valence-electron chi connectivity index (χ2n) is 12.6. The lowest BCUT2D eigenvalue weighted by atomic mass is 9.71. The molecule has 0 aliphatic heterocycles. The van der Waals surface area contributed by atoms with Gasteiger partial charge in [0.15, 0.2) is 14.6 Å². The van der Waals surface area contributed by atoms with Gasteiger partial charge in [0, 0.05) is 29.7 Å². The zero-order valence-electron chi connectivity index (χ0n) is 21.9. The topological polar surface area (TPSA) is 39.2 Å². The van der Waals surface area contributed by atoms with Gasteiger partial charge in [0.2, 0.25) is 0 Å². The summed E-state index contributed by atoms with van der Waals surface area (Å²) in [5, 5.41) is 0.0276. The summed E-state index contributed by atoms with van der Waals surface area (Å²) in [6.45, 7) is 19.7. The van der Waals surface area contributed by atoms with Crippen LogP contribution in [0, 0.1) is 5.41 Å². The van der Waals surface area contributed by atoms with Gasteiger partial charge in [0.1, 0.15) is 0 Å². The molecule has 0 fully saturated rings. The Bertz CT molecular complexity index is 958. The third-order valence-electron chi connectivity index (χ3n) is 7.72. The van der Waals surface area contributed by atoms with Gasteiger partial charge in [-0.3, -0.25) is 9.78 Å². The minimum Gasteiger partial charge on any atom is -0.410 e. The highest BCUT2D eigenvalue weighted by Gasteiger charge is 2.45. The number of hydrogen-bond acceptors (Lipinski definition) is 3. The van der Waals surface area contributed by atoms with Gasteiger partial charge in [-0.2, -0.15) is 0 Å². The first-order valence-electron chi connectivity index (χ1n) is 12.2. The molecule has 3 nitrogen and oxygen atoms in total. The van der Waals surface area contributed by atoms with Crippen molar-refractivity contribution in [2.24, 2.45) is 5.41 Å². The molecule has 0 unspecified atom stereocenters. The van der Waals surface area contributed by atoms with E-state index in [4.69, 9.17) is 9.41 Å². The lowest BCUT2D eigenvalue weighted by Crippen LogP contribution is -2.44. The molecule has 0 bridgehead atoms. The van der Waals surface area contributed by atoms with Crippen LogP contribution in [0.4, 0.5) is 8.78 Å². The molecule has 0 aromatic carbocycles. The Kier molecular flexibility index (Phi) is 6.89. The Morgan fingerprint density at radius 2 is 1.88 bits per heavy atom. The van der Waals surface area contributed by atoms with Crippen LogP contribution in [0.1, 0.15) is 119 Å². The molecule has 184 valence electrons. The Labute approximate surface area is 199 Å². The maximum Gasteiger partial charge on any atom is 0.251 e. The van der Waals surface area contributed by atoms with Gasteiger partial charge >= 0.3 is 0 Å². The third-order valence-corrected chi connectivity index (χ3v) is 12.2. The smallest absolute Gasteiger partial charge is 0.251 e. The van der Waals surface area contributed by atoms with Crippen LogP contribution in [0.3, 0.4) is 0 Å². The van der Waals surface area contributed by atoms with E-state index in [1.165, 1.54) is 0 Å². The normalized spacial score (nSPS) is 22.7. The third kappa shape index (κ3) is 5.32. The fourth-order valence-electron chi connectivity index (χ4n) is 4.85. The SMILES string of the molecule is CC(C)c1nc2c(c(C3=CCC(F)(F)CC3)c1C=O)[C@@H](O[Si](C)(C)C(C)(C)C)CC(C)(C)C2. The van der Waals surface area contributed by atoms with Crippen molar-refractivity contribution in [1.29, 1.82) is 0 Å². The van der Waals surface area contributed by atoms with Crippen molar-refractivity contribution in [3.05, 3.63) is 34.2 Å². The van der Waals surface area contributed by atoms with Crippen LogP contribution >= 0.6 is 0 Å². The molecule has 0 saturated heterocycles. The Balaban J connectivity index is 2.29. The minimum atomic E-state index is -2.68. The van der Waals surface area contributed by atoms with E-state index >= 15 is 0 Å². The molecular weight excluding hydrogens is 436 g/mol. The Morgan fingerprint density at radius 3 is 2.36 bits per heavy atom. The number of nitrogens with zero attached hydrogens (tertiary/aromatic N) is 1. The number of carbonyl (C=O) groups excluding carboxylic acids is 1. The quantitative estimate of drug-likeness (QED) is 0.316. The van der Waals surface area contributed by atoms with Crippen molar-refractivity contribution in [2.45, 2.75) is 117 Å². The lowest BCUT2D eigenvalue weighted by molar-refractivity contribution is -0.00605. The predicted octanol–water partition coefficient (Wildman–Crippen LogP) is 8.26. The molecule has 1 atom stereocenters. The van der Waals surface area contributed by atoms with Crippen LogP contribution in [-0.4, -0.2) is 25.5 Å². The van der Waals surface area contributed by atoms with Gasteiger partial charge in [0.05, 0.1) is 11.8 Å². The van der Waals surface area contributed by atoms with E-state index in [1.54, 1.807) is 6.08 Å². The fourth-order valence-corrected chi connectivity index (χ4v) is 6.12. The van der Waals surface area contributed by atoms with Crippen molar-refractivity contribution in [3.63, 3.8) is 0 Å². The number of aromatic nitrogens is 1. The van der Waals surface area contributed by atoms with Gasteiger partial charge in [-0.15, -0.1) is 0 Å². The van der Waals surface area contributed by atoms with Crippen molar-refractivity contribution >= 4 is 20.2 Å². The average Bonchev–Trinajstić information content (AvgIpc) is 2.64. The van der Waals surface area contributed by atoms with Crippen LogP contribution in [0.15, 0.2) is 6.08 Å². The Hall–Kier alpha value is -1.40. The van der Waals surface area contributed by atoms with E-state index in [-0.39, 0.29) is 41.7 Å². The van der Waals surface area contributed by atoms with E-state index in [2.05, 4.69) is 47.7 Å². The maximum absolute atomic E-state index is 14.0. The number of alkyl halides is 2. The average molecular weight is 478 g/mol. The minimum absolute atomic E-state index is 0.00474. The highest BCUT2D eigenvalue weighted by molar-refractivity contribution is 6.74. The number of carbonyl (C=O) groups is 1. The second-order valence-corrected chi connectivity index (χ2v) is 17.4. The first-order chi connectivity index (χ1) is 15.0. The van der Waals surface area contributed by atoms with Crippen molar-refractivity contribution in [1.82, 2.24) is 4.98 Å². The maximum atomic E-state index is 14.0. The number of hydrogen-bond donors (Lipinski definition) is 0. The first kappa shape index (κ1) is 26.2. The van der Waals surface area contributed by atoms with E-state index in [1.807, 2.05) is 13.8 Å². The van der Waals surface area contributed by atoms with E-state index in [0.29, 0.717) is 5.56 Å². The number of allylic oxidation sites excluding steroid dienone is 2. The van der Waals surface area contributed by atoms with Gasteiger partial charge in [0.25, 0.3) is 5.92 Å².